The Hall–Kier alpha value is -0.610. The molecular weight excluding hydrogens is 144 g/mol. The SMILES string of the molecule is NC1CC[C@H](C(=O)O)CC1N. The fourth-order valence-electron chi connectivity index (χ4n) is 1.45. The molecule has 0 aromatic rings. The van der Waals surface area contributed by atoms with Gasteiger partial charge in [-0.05, 0) is 19.3 Å². The third-order valence-corrected chi connectivity index (χ3v) is 2.30. The van der Waals surface area contributed by atoms with E-state index in [1.54, 1.807) is 0 Å². The van der Waals surface area contributed by atoms with Crippen LogP contribution in [0.2, 0.25) is 0 Å². The van der Waals surface area contributed by atoms with Crippen molar-refractivity contribution in [2.75, 3.05) is 0 Å². The highest BCUT2D eigenvalue weighted by atomic mass is 16.4. The molecule has 4 heteroatoms. The smallest absolute Gasteiger partial charge is 0.306 e. The first-order valence-electron chi connectivity index (χ1n) is 3.85. The maximum absolute atomic E-state index is 10.5. The Labute approximate surface area is 65.6 Å². The molecule has 0 saturated heterocycles. The molecule has 0 bridgehead atoms. The molecule has 64 valence electrons. The standard InChI is InChI=1S/C7H14N2O2/c8-5-2-1-4(7(10)11)3-6(5)9/h4-6H,1-3,8-9H2,(H,10,11)/t4-,5?,6?/m0/s1. The number of hydrogen-bond acceptors (Lipinski definition) is 3. The predicted octanol–water partition coefficient (Wildman–Crippen LogP) is -0.474. The van der Waals surface area contributed by atoms with Gasteiger partial charge in [-0.15, -0.1) is 0 Å². The van der Waals surface area contributed by atoms with Crippen molar-refractivity contribution in [1.82, 2.24) is 0 Å². The van der Waals surface area contributed by atoms with Crippen LogP contribution in [0, 0.1) is 5.92 Å². The van der Waals surface area contributed by atoms with E-state index in [9.17, 15) is 4.79 Å². The first-order chi connectivity index (χ1) is 5.11. The molecule has 1 aliphatic carbocycles. The number of nitrogens with two attached hydrogens (primary N) is 2. The van der Waals surface area contributed by atoms with Gasteiger partial charge in [-0.25, -0.2) is 0 Å². The molecule has 1 aliphatic rings. The van der Waals surface area contributed by atoms with E-state index >= 15 is 0 Å². The van der Waals surface area contributed by atoms with Crippen LogP contribution in [-0.2, 0) is 4.79 Å². The zero-order chi connectivity index (χ0) is 8.43. The Morgan fingerprint density at radius 2 is 1.91 bits per heavy atom. The monoisotopic (exact) mass is 158 g/mol. The van der Waals surface area contributed by atoms with Crippen LogP contribution in [0.25, 0.3) is 0 Å². The van der Waals surface area contributed by atoms with Gasteiger partial charge < -0.3 is 16.6 Å². The molecule has 0 aromatic carbocycles. The first kappa shape index (κ1) is 8.49. The lowest BCUT2D eigenvalue weighted by Crippen LogP contribution is -2.47. The molecule has 2 unspecified atom stereocenters. The van der Waals surface area contributed by atoms with E-state index < -0.39 is 5.97 Å². The van der Waals surface area contributed by atoms with Gasteiger partial charge in [0.25, 0.3) is 0 Å². The van der Waals surface area contributed by atoms with E-state index in [1.165, 1.54) is 0 Å². The molecule has 3 atom stereocenters. The summed E-state index contributed by atoms with van der Waals surface area (Å²) in [4.78, 5) is 10.5. The third-order valence-electron chi connectivity index (χ3n) is 2.30. The van der Waals surface area contributed by atoms with E-state index in [0.29, 0.717) is 12.8 Å². The lowest BCUT2D eigenvalue weighted by molar-refractivity contribution is -0.143. The normalized spacial score (nSPS) is 38.5. The Morgan fingerprint density at radius 3 is 2.36 bits per heavy atom. The topological polar surface area (TPSA) is 89.3 Å². The Bertz CT molecular complexity index is 161. The molecule has 0 radical (unpaired) electrons. The average Bonchev–Trinajstić information content (AvgIpc) is 1.94. The fourth-order valence-corrected chi connectivity index (χ4v) is 1.45. The van der Waals surface area contributed by atoms with Crippen molar-refractivity contribution < 1.29 is 9.90 Å². The highest BCUT2D eigenvalue weighted by molar-refractivity contribution is 5.70. The van der Waals surface area contributed by atoms with Gasteiger partial charge in [0.15, 0.2) is 0 Å². The minimum atomic E-state index is -0.743. The summed E-state index contributed by atoms with van der Waals surface area (Å²) < 4.78 is 0. The van der Waals surface area contributed by atoms with Crippen molar-refractivity contribution in [1.29, 1.82) is 0 Å². The van der Waals surface area contributed by atoms with Gasteiger partial charge in [0, 0.05) is 12.1 Å². The zero-order valence-corrected chi connectivity index (χ0v) is 6.36. The molecule has 5 N–H and O–H groups in total. The van der Waals surface area contributed by atoms with Gasteiger partial charge in [0.1, 0.15) is 0 Å². The van der Waals surface area contributed by atoms with Gasteiger partial charge in [-0.2, -0.15) is 0 Å². The molecular formula is C7H14N2O2. The van der Waals surface area contributed by atoms with Gasteiger partial charge in [-0.3, -0.25) is 4.79 Å². The number of rotatable bonds is 1. The van der Waals surface area contributed by atoms with E-state index in [2.05, 4.69) is 0 Å². The Balaban J connectivity index is 2.46. The minimum Gasteiger partial charge on any atom is -0.481 e. The van der Waals surface area contributed by atoms with Crippen LogP contribution in [0.3, 0.4) is 0 Å². The molecule has 0 aliphatic heterocycles. The van der Waals surface area contributed by atoms with Crippen LogP contribution < -0.4 is 11.5 Å². The molecule has 11 heavy (non-hydrogen) atoms. The summed E-state index contributed by atoms with van der Waals surface area (Å²) in [6.07, 6.45) is 1.93. The largest absolute Gasteiger partial charge is 0.481 e. The van der Waals surface area contributed by atoms with Gasteiger partial charge in [-0.1, -0.05) is 0 Å². The summed E-state index contributed by atoms with van der Waals surface area (Å²) in [6.45, 7) is 0. The van der Waals surface area contributed by atoms with Gasteiger partial charge >= 0.3 is 5.97 Å². The average molecular weight is 158 g/mol. The number of carboxylic acid groups (broad SMARTS) is 1. The van der Waals surface area contributed by atoms with Gasteiger partial charge in [0.2, 0.25) is 0 Å². The lowest BCUT2D eigenvalue weighted by atomic mass is 9.83. The fraction of sp³-hybridized carbons (Fsp3) is 0.857. The van der Waals surface area contributed by atoms with Crippen molar-refractivity contribution in [3.8, 4) is 0 Å². The summed E-state index contributed by atoms with van der Waals surface area (Å²) in [5.74, 6) is -1.02. The maximum Gasteiger partial charge on any atom is 0.306 e. The number of aliphatic carboxylic acids is 1. The molecule has 1 saturated carbocycles. The van der Waals surface area contributed by atoms with Crippen molar-refractivity contribution in [3.63, 3.8) is 0 Å². The number of carboxylic acids is 1. The third kappa shape index (κ3) is 1.91. The second kappa shape index (κ2) is 3.19. The number of hydrogen-bond donors (Lipinski definition) is 3. The highest BCUT2D eigenvalue weighted by Gasteiger charge is 2.29. The number of carbonyl (C=O) groups is 1. The van der Waals surface area contributed by atoms with Gasteiger partial charge in [0.05, 0.1) is 5.92 Å². The maximum atomic E-state index is 10.5. The lowest BCUT2D eigenvalue weighted by Gasteiger charge is -2.29. The zero-order valence-electron chi connectivity index (χ0n) is 6.36. The summed E-state index contributed by atoms with van der Waals surface area (Å²) in [7, 11) is 0. The van der Waals surface area contributed by atoms with Crippen LogP contribution in [0.1, 0.15) is 19.3 Å². The van der Waals surface area contributed by atoms with E-state index in [4.69, 9.17) is 16.6 Å². The molecule has 4 nitrogen and oxygen atoms in total. The van der Waals surface area contributed by atoms with Crippen molar-refractivity contribution in [2.45, 2.75) is 31.3 Å². The summed E-state index contributed by atoms with van der Waals surface area (Å²) in [5, 5.41) is 8.65. The second-order valence-electron chi connectivity index (χ2n) is 3.18. The quantitative estimate of drug-likeness (QED) is 0.481. The Morgan fingerprint density at radius 1 is 1.27 bits per heavy atom. The first-order valence-corrected chi connectivity index (χ1v) is 3.85. The van der Waals surface area contributed by atoms with Crippen molar-refractivity contribution >= 4 is 5.97 Å². The van der Waals surface area contributed by atoms with Crippen LogP contribution in [0.4, 0.5) is 0 Å². The predicted molar refractivity (Wildman–Crippen MR) is 40.9 cm³/mol. The van der Waals surface area contributed by atoms with Crippen molar-refractivity contribution in [3.05, 3.63) is 0 Å². The van der Waals surface area contributed by atoms with Crippen molar-refractivity contribution in [2.24, 2.45) is 17.4 Å². The molecule has 1 rings (SSSR count). The molecule has 0 amide bonds. The molecule has 1 fully saturated rings. The van der Waals surface area contributed by atoms with E-state index in [0.717, 1.165) is 6.42 Å². The van der Waals surface area contributed by atoms with Crippen LogP contribution >= 0.6 is 0 Å². The summed E-state index contributed by atoms with van der Waals surface area (Å²) >= 11 is 0. The van der Waals surface area contributed by atoms with E-state index in [1.807, 2.05) is 0 Å². The van der Waals surface area contributed by atoms with Crippen LogP contribution in [0.5, 0.6) is 0 Å². The summed E-state index contributed by atoms with van der Waals surface area (Å²) in [5.41, 5.74) is 11.2. The molecule has 0 heterocycles. The van der Waals surface area contributed by atoms with Crippen LogP contribution in [-0.4, -0.2) is 23.2 Å². The molecule has 0 aromatic heterocycles. The second-order valence-corrected chi connectivity index (χ2v) is 3.18. The summed E-state index contributed by atoms with van der Waals surface area (Å²) in [6, 6.07) is -0.143. The highest BCUT2D eigenvalue weighted by Crippen LogP contribution is 2.22. The Kier molecular flexibility index (Phi) is 2.46. The molecule has 0 spiro atoms. The van der Waals surface area contributed by atoms with Crippen LogP contribution in [0.15, 0.2) is 0 Å². The van der Waals surface area contributed by atoms with E-state index in [-0.39, 0.29) is 18.0 Å². The minimum absolute atomic E-state index is 0.00870.